The molecule has 0 spiro atoms. The molecule has 0 radical (unpaired) electrons. The maximum atomic E-state index is 11.6. The number of hydrogen-bond donors (Lipinski definition) is 2. The first kappa shape index (κ1) is 12.3. The summed E-state index contributed by atoms with van der Waals surface area (Å²) in [6.07, 6.45) is 6.79. The minimum absolute atomic E-state index is 0.0986. The SMILES string of the molecule is C#CC(C)NC(C)C(=O)NCc1ccco1. The van der Waals surface area contributed by atoms with Crippen molar-refractivity contribution in [3.63, 3.8) is 0 Å². The minimum atomic E-state index is -0.319. The number of furan rings is 1. The van der Waals surface area contributed by atoms with Gasteiger partial charge in [0.25, 0.3) is 0 Å². The highest BCUT2D eigenvalue weighted by Crippen LogP contribution is 1.98. The molecule has 1 aromatic rings. The zero-order valence-electron chi connectivity index (χ0n) is 9.49. The van der Waals surface area contributed by atoms with E-state index >= 15 is 0 Å². The van der Waals surface area contributed by atoms with Crippen molar-refractivity contribution in [2.24, 2.45) is 0 Å². The molecule has 86 valence electrons. The normalized spacial score (nSPS) is 13.8. The summed E-state index contributed by atoms with van der Waals surface area (Å²) in [7, 11) is 0. The fourth-order valence-electron chi connectivity index (χ4n) is 1.24. The Morgan fingerprint density at radius 2 is 2.38 bits per heavy atom. The second kappa shape index (κ2) is 5.99. The highest BCUT2D eigenvalue weighted by molar-refractivity contribution is 5.81. The molecule has 0 fully saturated rings. The zero-order valence-corrected chi connectivity index (χ0v) is 9.49. The van der Waals surface area contributed by atoms with Gasteiger partial charge in [0.05, 0.1) is 24.9 Å². The number of carbonyl (C=O) groups is 1. The summed E-state index contributed by atoms with van der Waals surface area (Å²) in [5, 5.41) is 5.73. The van der Waals surface area contributed by atoms with Crippen LogP contribution in [0.15, 0.2) is 22.8 Å². The molecule has 1 aromatic heterocycles. The van der Waals surface area contributed by atoms with Gasteiger partial charge in [-0.2, -0.15) is 0 Å². The van der Waals surface area contributed by atoms with E-state index in [1.54, 1.807) is 19.3 Å². The summed E-state index contributed by atoms with van der Waals surface area (Å²) in [4.78, 5) is 11.6. The van der Waals surface area contributed by atoms with Crippen LogP contribution in [0.3, 0.4) is 0 Å². The topological polar surface area (TPSA) is 54.3 Å². The van der Waals surface area contributed by atoms with Crippen molar-refractivity contribution in [1.29, 1.82) is 0 Å². The molecule has 0 aliphatic rings. The van der Waals surface area contributed by atoms with Crippen LogP contribution in [0.2, 0.25) is 0 Å². The van der Waals surface area contributed by atoms with Crippen LogP contribution in [0, 0.1) is 12.3 Å². The molecule has 0 bridgehead atoms. The standard InChI is InChI=1S/C12H16N2O2/c1-4-9(2)14-10(3)12(15)13-8-11-6-5-7-16-11/h1,5-7,9-10,14H,8H2,2-3H3,(H,13,15). The van der Waals surface area contributed by atoms with Crippen molar-refractivity contribution in [3.05, 3.63) is 24.2 Å². The van der Waals surface area contributed by atoms with Gasteiger partial charge in [-0.3, -0.25) is 10.1 Å². The summed E-state index contributed by atoms with van der Waals surface area (Å²) in [5.74, 6) is 3.14. The largest absolute Gasteiger partial charge is 0.467 e. The number of terminal acetylenes is 1. The van der Waals surface area contributed by atoms with Gasteiger partial charge >= 0.3 is 0 Å². The predicted octanol–water partition coefficient (Wildman–Crippen LogP) is 0.896. The summed E-state index contributed by atoms with van der Waals surface area (Å²) >= 11 is 0. The van der Waals surface area contributed by atoms with E-state index in [9.17, 15) is 4.79 Å². The molecule has 0 aliphatic carbocycles. The lowest BCUT2D eigenvalue weighted by molar-refractivity contribution is -0.123. The molecule has 1 rings (SSSR count). The van der Waals surface area contributed by atoms with E-state index in [1.807, 2.05) is 13.0 Å². The van der Waals surface area contributed by atoms with E-state index in [0.717, 1.165) is 5.76 Å². The maximum Gasteiger partial charge on any atom is 0.237 e. The van der Waals surface area contributed by atoms with Gasteiger partial charge in [-0.15, -0.1) is 6.42 Å². The Balaban J connectivity index is 2.32. The van der Waals surface area contributed by atoms with Gasteiger partial charge < -0.3 is 9.73 Å². The van der Waals surface area contributed by atoms with Crippen molar-refractivity contribution < 1.29 is 9.21 Å². The summed E-state index contributed by atoms with van der Waals surface area (Å²) in [6.45, 7) is 3.99. The van der Waals surface area contributed by atoms with Crippen LogP contribution in [0.25, 0.3) is 0 Å². The third-order valence-electron chi connectivity index (χ3n) is 2.16. The smallest absolute Gasteiger partial charge is 0.237 e. The van der Waals surface area contributed by atoms with Crippen LogP contribution < -0.4 is 10.6 Å². The van der Waals surface area contributed by atoms with Gasteiger partial charge in [0, 0.05) is 0 Å². The Morgan fingerprint density at radius 3 is 2.94 bits per heavy atom. The van der Waals surface area contributed by atoms with Crippen molar-refractivity contribution in [2.45, 2.75) is 32.5 Å². The zero-order chi connectivity index (χ0) is 12.0. The average molecular weight is 220 g/mol. The lowest BCUT2D eigenvalue weighted by atomic mass is 10.2. The highest BCUT2D eigenvalue weighted by Gasteiger charge is 2.13. The number of carbonyl (C=O) groups excluding carboxylic acids is 1. The monoisotopic (exact) mass is 220 g/mol. The Morgan fingerprint density at radius 1 is 1.62 bits per heavy atom. The van der Waals surface area contributed by atoms with Gasteiger partial charge in [0.1, 0.15) is 5.76 Å². The quantitative estimate of drug-likeness (QED) is 0.725. The molecule has 2 unspecified atom stereocenters. The van der Waals surface area contributed by atoms with Gasteiger partial charge in [-0.05, 0) is 26.0 Å². The summed E-state index contributed by atoms with van der Waals surface area (Å²) in [6, 6.07) is 3.15. The lowest BCUT2D eigenvalue weighted by Crippen LogP contribution is -2.45. The predicted molar refractivity (Wildman–Crippen MR) is 61.4 cm³/mol. The second-order valence-electron chi connectivity index (χ2n) is 3.57. The number of hydrogen-bond acceptors (Lipinski definition) is 3. The Hall–Kier alpha value is -1.73. The highest BCUT2D eigenvalue weighted by atomic mass is 16.3. The molecule has 1 heterocycles. The van der Waals surface area contributed by atoms with Crippen LogP contribution >= 0.6 is 0 Å². The first-order valence-electron chi connectivity index (χ1n) is 5.15. The van der Waals surface area contributed by atoms with Gasteiger partial charge in [0.2, 0.25) is 5.91 Å². The summed E-state index contributed by atoms with van der Waals surface area (Å²) in [5.41, 5.74) is 0. The fourth-order valence-corrected chi connectivity index (χ4v) is 1.24. The number of nitrogens with one attached hydrogen (secondary N) is 2. The Kier molecular flexibility index (Phi) is 4.62. The molecular weight excluding hydrogens is 204 g/mol. The lowest BCUT2D eigenvalue weighted by Gasteiger charge is -2.15. The van der Waals surface area contributed by atoms with Crippen LogP contribution in [0.1, 0.15) is 19.6 Å². The molecule has 0 aliphatic heterocycles. The molecule has 0 saturated carbocycles. The third-order valence-corrected chi connectivity index (χ3v) is 2.16. The van der Waals surface area contributed by atoms with E-state index in [0.29, 0.717) is 6.54 Å². The van der Waals surface area contributed by atoms with Crippen LogP contribution in [-0.2, 0) is 11.3 Å². The fraction of sp³-hybridized carbons (Fsp3) is 0.417. The van der Waals surface area contributed by atoms with E-state index in [2.05, 4.69) is 16.6 Å². The summed E-state index contributed by atoms with van der Waals surface area (Å²) < 4.78 is 5.10. The number of amides is 1. The first-order valence-corrected chi connectivity index (χ1v) is 5.15. The third kappa shape index (κ3) is 3.79. The first-order chi connectivity index (χ1) is 7.63. The van der Waals surface area contributed by atoms with Crippen molar-refractivity contribution in [2.75, 3.05) is 0 Å². The maximum absolute atomic E-state index is 11.6. The molecule has 2 N–H and O–H groups in total. The number of rotatable bonds is 5. The van der Waals surface area contributed by atoms with Crippen molar-refractivity contribution in [3.8, 4) is 12.3 Å². The molecule has 1 amide bonds. The molecule has 0 aromatic carbocycles. The molecule has 4 nitrogen and oxygen atoms in total. The van der Waals surface area contributed by atoms with Crippen LogP contribution in [0.4, 0.5) is 0 Å². The molecule has 2 atom stereocenters. The average Bonchev–Trinajstić information content (AvgIpc) is 2.78. The van der Waals surface area contributed by atoms with E-state index in [4.69, 9.17) is 10.8 Å². The Bertz CT molecular complexity index is 365. The van der Waals surface area contributed by atoms with E-state index in [-0.39, 0.29) is 18.0 Å². The molecule has 16 heavy (non-hydrogen) atoms. The van der Waals surface area contributed by atoms with Crippen LogP contribution in [-0.4, -0.2) is 18.0 Å². The van der Waals surface area contributed by atoms with Crippen molar-refractivity contribution in [1.82, 2.24) is 10.6 Å². The van der Waals surface area contributed by atoms with Gasteiger partial charge in [-0.25, -0.2) is 0 Å². The van der Waals surface area contributed by atoms with Gasteiger partial charge in [-0.1, -0.05) is 5.92 Å². The van der Waals surface area contributed by atoms with E-state index < -0.39 is 0 Å². The molecular formula is C12H16N2O2. The van der Waals surface area contributed by atoms with Crippen molar-refractivity contribution >= 4 is 5.91 Å². The van der Waals surface area contributed by atoms with E-state index in [1.165, 1.54) is 0 Å². The second-order valence-corrected chi connectivity index (χ2v) is 3.57. The molecule has 0 saturated heterocycles. The Labute approximate surface area is 95.4 Å². The minimum Gasteiger partial charge on any atom is -0.467 e. The molecule has 4 heteroatoms. The van der Waals surface area contributed by atoms with Gasteiger partial charge in [0.15, 0.2) is 0 Å². The van der Waals surface area contributed by atoms with Crippen LogP contribution in [0.5, 0.6) is 0 Å².